The molecule has 2 rings (SSSR count). The molecule has 1 aromatic carbocycles. The van der Waals surface area contributed by atoms with Crippen LogP contribution in [-0.2, 0) is 4.74 Å². The standard InChI is InChI=1S/C13H15N3O4/c1-18-8-4-5-10(11(6-8)19-2)16-12(14)9(7-15-16)13(17)20-3/h4-7H,14H2,1-3H3. The molecule has 7 heteroatoms. The van der Waals surface area contributed by atoms with Crippen molar-refractivity contribution >= 4 is 11.8 Å². The summed E-state index contributed by atoms with van der Waals surface area (Å²) >= 11 is 0. The van der Waals surface area contributed by atoms with Crippen molar-refractivity contribution in [3.05, 3.63) is 30.0 Å². The van der Waals surface area contributed by atoms with Gasteiger partial charge in [0.2, 0.25) is 0 Å². The van der Waals surface area contributed by atoms with Gasteiger partial charge in [0, 0.05) is 6.07 Å². The summed E-state index contributed by atoms with van der Waals surface area (Å²) in [7, 11) is 4.37. The Labute approximate surface area is 115 Å². The largest absolute Gasteiger partial charge is 0.497 e. The minimum absolute atomic E-state index is 0.181. The first kappa shape index (κ1) is 13.7. The van der Waals surface area contributed by atoms with Crippen LogP contribution in [0.5, 0.6) is 11.5 Å². The Morgan fingerprint density at radius 3 is 2.60 bits per heavy atom. The van der Waals surface area contributed by atoms with Gasteiger partial charge in [-0.3, -0.25) is 0 Å². The topological polar surface area (TPSA) is 88.6 Å². The number of carbonyl (C=O) groups is 1. The van der Waals surface area contributed by atoms with Crippen molar-refractivity contribution in [2.45, 2.75) is 0 Å². The molecule has 0 saturated carbocycles. The summed E-state index contributed by atoms with van der Waals surface area (Å²) in [6, 6.07) is 5.19. The van der Waals surface area contributed by atoms with E-state index in [4.69, 9.17) is 15.2 Å². The van der Waals surface area contributed by atoms with Gasteiger partial charge in [-0.2, -0.15) is 5.10 Å². The number of hydrogen-bond acceptors (Lipinski definition) is 6. The number of aromatic nitrogens is 2. The van der Waals surface area contributed by atoms with Crippen LogP contribution in [0.3, 0.4) is 0 Å². The van der Waals surface area contributed by atoms with Crippen LogP contribution in [0.2, 0.25) is 0 Å². The minimum atomic E-state index is -0.541. The van der Waals surface area contributed by atoms with E-state index < -0.39 is 5.97 Å². The Hall–Kier alpha value is -2.70. The van der Waals surface area contributed by atoms with Crippen molar-refractivity contribution in [1.29, 1.82) is 0 Å². The van der Waals surface area contributed by atoms with Crippen molar-refractivity contribution in [3.8, 4) is 17.2 Å². The van der Waals surface area contributed by atoms with Crippen LogP contribution in [0.25, 0.3) is 5.69 Å². The predicted octanol–water partition coefficient (Wildman–Crippen LogP) is 1.26. The van der Waals surface area contributed by atoms with Gasteiger partial charge in [-0.05, 0) is 12.1 Å². The smallest absolute Gasteiger partial charge is 0.343 e. The fourth-order valence-electron chi connectivity index (χ4n) is 1.78. The number of esters is 1. The highest BCUT2D eigenvalue weighted by atomic mass is 16.5. The third-order valence-electron chi connectivity index (χ3n) is 2.83. The number of nitrogens with two attached hydrogens (primary N) is 1. The average molecular weight is 277 g/mol. The summed E-state index contributed by atoms with van der Waals surface area (Å²) < 4.78 is 16.4. The summed E-state index contributed by atoms with van der Waals surface area (Å²) in [6.07, 6.45) is 1.35. The Balaban J connectivity index is 2.52. The number of carbonyl (C=O) groups excluding carboxylic acids is 1. The van der Waals surface area contributed by atoms with Gasteiger partial charge < -0.3 is 19.9 Å². The van der Waals surface area contributed by atoms with E-state index in [0.29, 0.717) is 17.2 Å². The predicted molar refractivity (Wildman–Crippen MR) is 72.4 cm³/mol. The first-order valence-electron chi connectivity index (χ1n) is 5.76. The van der Waals surface area contributed by atoms with Crippen LogP contribution < -0.4 is 15.2 Å². The lowest BCUT2D eigenvalue weighted by atomic mass is 10.2. The average Bonchev–Trinajstić information content (AvgIpc) is 2.87. The number of hydrogen-bond donors (Lipinski definition) is 1. The van der Waals surface area contributed by atoms with Gasteiger partial charge >= 0.3 is 5.97 Å². The number of benzene rings is 1. The van der Waals surface area contributed by atoms with Gasteiger partial charge in [-0.15, -0.1) is 0 Å². The molecule has 0 fully saturated rings. The normalized spacial score (nSPS) is 10.2. The molecule has 0 aliphatic heterocycles. The van der Waals surface area contributed by atoms with Crippen molar-refractivity contribution in [2.75, 3.05) is 27.1 Å². The van der Waals surface area contributed by atoms with E-state index in [0.717, 1.165) is 0 Å². The number of nitrogens with zero attached hydrogens (tertiary/aromatic N) is 2. The molecular formula is C13H15N3O4. The molecule has 2 N–H and O–H groups in total. The second-order valence-electron chi connectivity index (χ2n) is 3.88. The third kappa shape index (κ3) is 2.25. The molecule has 0 bridgehead atoms. The Bertz CT molecular complexity index is 637. The molecule has 0 amide bonds. The number of ether oxygens (including phenoxy) is 3. The summed E-state index contributed by atoms with van der Waals surface area (Å²) in [5.41, 5.74) is 6.72. The van der Waals surface area contributed by atoms with Crippen molar-refractivity contribution in [1.82, 2.24) is 9.78 Å². The molecule has 0 saturated heterocycles. The number of anilines is 1. The molecule has 106 valence electrons. The van der Waals surface area contributed by atoms with Crippen LogP contribution >= 0.6 is 0 Å². The van der Waals surface area contributed by atoms with Gasteiger partial charge in [0.15, 0.2) is 0 Å². The van der Waals surface area contributed by atoms with Gasteiger partial charge in [0.25, 0.3) is 0 Å². The minimum Gasteiger partial charge on any atom is -0.497 e. The van der Waals surface area contributed by atoms with Crippen LogP contribution in [-0.4, -0.2) is 37.1 Å². The first-order chi connectivity index (χ1) is 9.62. The van der Waals surface area contributed by atoms with Crippen LogP contribution in [0.15, 0.2) is 24.4 Å². The highest BCUT2D eigenvalue weighted by Crippen LogP contribution is 2.29. The Morgan fingerprint density at radius 2 is 2.00 bits per heavy atom. The maximum absolute atomic E-state index is 11.5. The zero-order valence-corrected chi connectivity index (χ0v) is 11.4. The molecule has 2 aromatic rings. The van der Waals surface area contributed by atoms with Crippen LogP contribution in [0.1, 0.15) is 10.4 Å². The molecule has 0 radical (unpaired) electrons. The van der Waals surface area contributed by atoms with Crippen molar-refractivity contribution in [2.24, 2.45) is 0 Å². The Kier molecular flexibility index (Phi) is 3.79. The zero-order chi connectivity index (χ0) is 14.7. The van der Waals surface area contributed by atoms with E-state index in [-0.39, 0.29) is 11.4 Å². The number of methoxy groups -OCH3 is 3. The lowest BCUT2D eigenvalue weighted by molar-refractivity contribution is 0.0602. The fraction of sp³-hybridized carbons (Fsp3) is 0.231. The lowest BCUT2D eigenvalue weighted by Crippen LogP contribution is -2.08. The zero-order valence-electron chi connectivity index (χ0n) is 11.4. The summed E-state index contributed by atoms with van der Waals surface area (Å²) in [6.45, 7) is 0. The van der Waals surface area contributed by atoms with Gasteiger partial charge in [0.1, 0.15) is 28.6 Å². The monoisotopic (exact) mass is 277 g/mol. The first-order valence-corrected chi connectivity index (χ1v) is 5.76. The van der Waals surface area contributed by atoms with Gasteiger partial charge in [0.05, 0.1) is 27.5 Å². The molecular weight excluding hydrogens is 262 g/mol. The Morgan fingerprint density at radius 1 is 1.25 bits per heavy atom. The van der Waals surface area contributed by atoms with E-state index in [1.165, 1.54) is 25.1 Å². The molecule has 1 heterocycles. The molecule has 7 nitrogen and oxygen atoms in total. The second kappa shape index (κ2) is 5.52. The van der Waals surface area contributed by atoms with Gasteiger partial charge in [-0.25, -0.2) is 9.48 Å². The van der Waals surface area contributed by atoms with E-state index in [9.17, 15) is 4.79 Å². The highest BCUT2D eigenvalue weighted by molar-refractivity contribution is 5.94. The molecule has 1 aromatic heterocycles. The van der Waals surface area contributed by atoms with Crippen LogP contribution in [0, 0.1) is 0 Å². The van der Waals surface area contributed by atoms with E-state index in [2.05, 4.69) is 9.84 Å². The highest BCUT2D eigenvalue weighted by Gasteiger charge is 2.18. The van der Waals surface area contributed by atoms with E-state index in [1.54, 1.807) is 25.3 Å². The maximum Gasteiger partial charge on any atom is 0.343 e. The summed E-state index contributed by atoms with van der Waals surface area (Å²) in [5, 5.41) is 4.09. The molecule has 0 spiro atoms. The lowest BCUT2D eigenvalue weighted by Gasteiger charge is -2.11. The second-order valence-corrected chi connectivity index (χ2v) is 3.88. The van der Waals surface area contributed by atoms with E-state index >= 15 is 0 Å². The van der Waals surface area contributed by atoms with Gasteiger partial charge in [-0.1, -0.05) is 0 Å². The molecule has 0 aliphatic carbocycles. The number of nitrogen functional groups attached to an aromatic ring is 1. The quantitative estimate of drug-likeness (QED) is 0.846. The molecule has 0 aliphatic rings. The SMILES string of the molecule is COC(=O)c1cnn(-c2ccc(OC)cc2OC)c1N. The summed E-state index contributed by atoms with van der Waals surface area (Å²) in [4.78, 5) is 11.5. The molecule has 20 heavy (non-hydrogen) atoms. The van der Waals surface area contributed by atoms with Crippen molar-refractivity contribution < 1.29 is 19.0 Å². The molecule has 0 unspecified atom stereocenters. The van der Waals surface area contributed by atoms with Crippen molar-refractivity contribution in [3.63, 3.8) is 0 Å². The number of rotatable bonds is 4. The summed E-state index contributed by atoms with van der Waals surface area (Å²) in [5.74, 6) is 0.807. The maximum atomic E-state index is 11.5. The van der Waals surface area contributed by atoms with E-state index in [1.807, 2.05) is 0 Å². The third-order valence-corrected chi connectivity index (χ3v) is 2.83. The molecule has 0 atom stereocenters. The van der Waals surface area contributed by atoms with Crippen LogP contribution in [0.4, 0.5) is 5.82 Å². The fourth-order valence-corrected chi connectivity index (χ4v) is 1.78.